The van der Waals surface area contributed by atoms with E-state index in [4.69, 9.17) is 14.2 Å². The fraction of sp³-hybridized carbons (Fsp3) is 0.429. The van der Waals surface area contributed by atoms with Crippen LogP contribution in [0.5, 0.6) is 11.5 Å². The number of carbonyl (C=O) groups excluding carboxylic acids is 3. The quantitative estimate of drug-likeness (QED) is 0.389. The highest BCUT2D eigenvalue weighted by atomic mass is 16.7. The first kappa shape index (κ1) is 25.3. The van der Waals surface area contributed by atoms with Gasteiger partial charge in [-0.1, -0.05) is 36.4 Å². The van der Waals surface area contributed by atoms with E-state index in [2.05, 4.69) is 10.5 Å². The van der Waals surface area contributed by atoms with Crippen molar-refractivity contribution in [3.8, 4) is 11.5 Å². The second kappa shape index (κ2) is 10.3. The van der Waals surface area contributed by atoms with Gasteiger partial charge in [-0.3, -0.25) is 14.5 Å². The second-order valence-corrected chi connectivity index (χ2v) is 10.4. The molecule has 0 radical (unpaired) electrons. The van der Waals surface area contributed by atoms with Gasteiger partial charge in [-0.15, -0.1) is 0 Å². The summed E-state index contributed by atoms with van der Waals surface area (Å²) in [5.74, 6) is -1.94. The summed E-state index contributed by atoms with van der Waals surface area (Å²) in [4.78, 5) is 40.4. The average molecular weight is 536 g/mol. The van der Waals surface area contributed by atoms with Crippen LogP contribution in [-0.2, 0) is 27.5 Å². The number of aliphatic hydroxyl groups excluding tert-OH is 2. The molecule has 0 bridgehead atoms. The lowest BCUT2D eigenvalue weighted by molar-refractivity contribution is -0.142. The number of benzene rings is 2. The van der Waals surface area contributed by atoms with Crippen molar-refractivity contribution >= 4 is 23.6 Å². The van der Waals surface area contributed by atoms with Crippen molar-refractivity contribution in [2.24, 2.45) is 28.8 Å². The molecular formula is C28H29N3O8. The van der Waals surface area contributed by atoms with E-state index in [1.54, 1.807) is 18.2 Å². The molecular weight excluding hydrogens is 506 g/mol. The smallest absolute Gasteiger partial charge is 0.428 e. The molecule has 6 atom stereocenters. The van der Waals surface area contributed by atoms with Gasteiger partial charge in [-0.25, -0.2) is 10.2 Å². The van der Waals surface area contributed by atoms with Crippen LogP contribution in [0.3, 0.4) is 0 Å². The van der Waals surface area contributed by atoms with Gasteiger partial charge in [0, 0.05) is 24.0 Å². The molecule has 39 heavy (non-hydrogen) atoms. The van der Waals surface area contributed by atoms with Crippen LogP contribution in [0, 0.1) is 23.7 Å². The largest absolute Gasteiger partial charge is 0.454 e. The fourth-order valence-electron chi connectivity index (χ4n) is 6.31. The average Bonchev–Trinajstić information content (AvgIpc) is 3.51. The van der Waals surface area contributed by atoms with E-state index in [9.17, 15) is 24.6 Å². The molecule has 0 unspecified atom stereocenters. The van der Waals surface area contributed by atoms with Gasteiger partial charge in [0.15, 0.2) is 11.5 Å². The molecule has 0 spiro atoms. The summed E-state index contributed by atoms with van der Waals surface area (Å²) < 4.78 is 16.0. The molecule has 204 valence electrons. The Morgan fingerprint density at radius 1 is 1.00 bits per heavy atom. The summed E-state index contributed by atoms with van der Waals surface area (Å²) in [6.45, 7) is 0.273. The van der Waals surface area contributed by atoms with Crippen molar-refractivity contribution in [2.45, 2.75) is 44.6 Å². The van der Waals surface area contributed by atoms with E-state index in [1.165, 1.54) is 4.90 Å². The van der Waals surface area contributed by atoms with Crippen LogP contribution in [0.2, 0.25) is 0 Å². The molecule has 2 aliphatic heterocycles. The Kier molecular flexibility index (Phi) is 6.69. The minimum atomic E-state index is -1.20. The number of rotatable bonds is 5. The molecule has 2 aliphatic carbocycles. The van der Waals surface area contributed by atoms with Gasteiger partial charge in [0.1, 0.15) is 6.61 Å². The molecule has 3 fully saturated rings. The topological polar surface area (TPSA) is 147 Å². The Balaban J connectivity index is 1.17. The normalized spacial score (nSPS) is 30.2. The van der Waals surface area contributed by atoms with Crippen molar-refractivity contribution < 1.29 is 38.8 Å². The molecule has 2 aromatic carbocycles. The Hall–Kier alpha value is -3.96. The Morgan fingerprint density at radius 2 is 1.77 bits per heavy atom. The number of hydrazone groups is 1. The maximum absolute atomic E-state index is 13.6. The number of likely N-dealkylation sites (tertiary alicyclic amines) is 1. The number of carbonyl (C=O) groups is 3. The van der Waals surface area contributed by atoms with E-state index in [-0.39, 0.29) is 44.1 Å². The third kappa shape index (κ3) is 4.72. The van der Waals surface area contributed by atoms with Crippen LogP contribution in [0.1, 0.15) is 30.4 Å². The van der Waals surface area contributed by atoms with Gasteiger partial charge in [-0.05, 0) is 36.1 Å². The van der Waals surface area contributed by atoms with E-state index in [1.807, 2.05) is 30.3 Å². The summed E-state index contributed by atoms with van der Waals surface area (Å²) in [6.07, 6.45) is -2.16. The maximum atomic E-state index is 13.6. The molecule has 1 saturated heterocycles. The SMILES string of the molecule is O=C(N/N=C1\C[C@@H](O)[C@@H](O)[C@@H]2[C@@H]3C(=O)N(Cc4ccc5c(c4)OCO5)C(=O)[C@@H]3CC[C@@H]12)OCc1ccccc1. The van der Waals surface area contributed by atoms with Gasteiger partial charge in [0.2, 0.25) is 18.6 Å². The van der Waals surface area contributed by atoms with Crippen molar-refractivity contribution in [2.75, 3.05) is 6.79 Å². The molecule has 2 heterocycles. The number of fused-ring (bicyclic) bond motifs is 4. The predicted molar refractivity (Wildman–Crippen MR) is 135 cm³/mol. The van der Waals surface area contributed by atoms with Crippen LogP contribution in [0.4, 0.5) is 4.79 Å². The minimum Gasteiger partial charge on any atom is -0.454 e. The molecule has 11 nitrogen and oxygen atoms in total. The standard InChI is InChI=1S/C28H29N3O8/c32-20-11-19(29-30-28(36)37-13-15-4-2-1-3-5-15)17-7-8-18-24(23(17)25(20)33)27(35)31(26(18)34)12-16-6-9-21-22(10-16)39-14-38-21/h1-6,9-10,17-18,20,23-25,32-33H,7-8,11-14H2,(H,30,36)/b29-19+/t17-,18+,20+,23-,24+,25+/m0/s1. The zero-order valence-corrected chi connectivity index (χ0v) is 21.1. The molecule has 0 aromatic heterocycles. The highest BCUT2D eigenvalue weighted by Gasteiger charge is 2.59. The third-order valence-corrected chi connectivity index (χ3v) is 8.15. The third-order valence-electron chi connectivity index (χ3n) is 8.15. The van der Waals surface area contributed by atoms with Gasteiger partial charge < -0.3 is 24.4 Å². The Bertz CT molecular complexity index is 1320. The minimum absolute atomic E-state index is 0.0434. The Morgan fingerprint density at radius 3 is 2.59 bits per heavy atom. The number of nitrogens with zero attached hydrogens (tertiary/aromatic N) is 2. The van der Waals surface area contributed by atoms with E-state index < -0.39 is 36.1 Å². The lowest BCUT2D eigenvalue weighted by Gasteiger charge is -2.45. The first-order chi connectivity index (χ1) is 18.9. The van der Waals surface area contributed by atoms with Gasteiger partial charge in [0.25, 0.3) is 0 Å². The van der Waals surface area contributed by atoms with Crippen LogP contribution in [0.15, 0.2) is 53.6 Å². The zero-order valence-electron chi connectivity index (χ0n) is 21.1. The van der Waals surface area contributed by atoms with Crippen LogP contribution >= 0.6 is 0 Å². The summed E-state index contributed by atoms with van der Waals surface area (Å²) in [5.41, 5.74) is 4.40. The van der Waals surface area contributed by atoms with Crippen LogP contribution in [-0.4, -0.2) is 57.7 Å². The Labute approximate surface area is 224 Å². The first-order valence-electron chi connectivity index (χ1n) is 13.0. The maximum Gasteiger partial charge on any atom is 0.428 e. The van der Waals surface area contributed by atoms with E-state index in [0.717, 1.165) is 11.1 Å². The molecule has 4 aliphatic rings. The molecule has 2 saturated carbocycles. The van der Waals surface area contributed by atoms with Crippen molar-refractivity contribution in [1.29, 1.82) is 0 Å². The molecule has 6 rings (SSSR count). The predicted octanol–water partition coefficient (Wildman–Crippen LogP) is 1.95. The number of hydrogen-bond donors (Lipinski definition) is 3. The van der Waals surface area contributed by atoms with Crippen LogP contribution in [0.25, 0.3) is 0 Å². The monoisotopic (exact) mass is 535 g/mol. The second-order valence-electron chi connectivity index (χ2n) is 10.4. The highest BCUT2D eigenvalue weighted by molar-refractivity contribution is 6.06. The van der Waals surface area contributed by atoms with Crippen LogP contribution < -0.4 is 14.9 Å². The number of ether oxygens (including phenoxy) is 3. The summed E-state index contributed by atoms with van der Waals surface area (Å²) in [7, 11) is 0. The fourth-order valence-corrected chi connectivity index (χ4v) is 6.31. The molecule has 3 amide bonds. The van der Waals surface area contributed by atoms with E-state index >= 15 is 0 Å². The summed E-state index contributed by atoms with van der Waals surface area (Å²) in [5, 5.41) is 25.9. The number of aliphatic hydroxyl groups is 2. The lowest BCUT2D eigenvalue weighted by atomic mass is 9.60. The van der Waals surface area contributed by atoms with E-state index in [0.29, 0.717) is 30.1 Å². The summed E-state index contributed by atoms with van der Waals surface area (Å²) >= 11 is 0. The summed E-state index contributed by atoms with van der Waals surface area (Å²) in [6, 6.07) is 14.5. The first-order valence-corrected chi connectivity index (χ1v) is 13.0. The zero-order chi connectivity index (χ0) is 27.1. The van der Waals surface area contributed by atoms with Crippen molar-refractivity contribution in [3.05, 3.63) is 59.7 Å². The lowest BCUT2D eigenvalue weighted by Crippen LogP contribution is -2.55. The molecule has 3 N–H and O–H groups in total. The van der Waals surface area contributed by atoms with Crippen molar-refractivity contribution in [3.63, 3.8) is 0 Å². The van der Waals surface area contributed by atoms with Gasteiger partial charge >= 0.3 is 6.09 Å². The molecule has 2 aromatic rings. The number of hydrogen-bond acceptors (Lipinski definition) is 9. The highest BCUT2D eigenvalue weighted by Crippen LogP contribution is 2.50. The van der Waals surface area contributed by atoms with Crippen molar-refractivity contribution in [1.82, 2.24) is 10.3 Å². The number of amides is 3. The van der Waals surface area contributed by atoms with Gasteiger partial charge in [0.05, 0.1) is 30.6 Å². The number of nitrogens with one attached hydrogen (secondary N) is 1. The molecule has 11 heteroatoms. The van der Waals surface area contributed by atoms with Gasteiger partial charge in [-0.2, -0.15) is 5.10 Å². The number of imide groups is 1.